The fraction of sp³-hybridized carbons (Fsp3) is 0.455. The van der Waals surface area contributed by atoms with Crippen molar-refractivity contribution in [2.24, 2.45) is 0 Å². The number of ether oxygens (including phenoxy) is 2. The zero-order valence-corrected chi connectivity index (χ0v) is 18.9. The lowest BCUT2D eigenvalue weighted by molar-refractivity contribution is -0.159. The van der Waals surface area contributed by atoms with E-state index in [0.717, 1.165) is 5.56 Å². The Morgan fingerprint density at radius 1 is 1.26 bits per heavy atom. The molecule has 0 bridgehead atoms. The number of rotatable bonds is 5. The summed E-state index contributed by atoms with van der Waals surface area (Å²) >= 11 is 1.36. The first kappa shape index (κ1) is 22.8. The number of nitriles is 1. The number of amides is 2. The zero-order chi connectivity index (χ0) is 22.9. The largest absolute Gasteiger partial charge is 0.455 e. The molecule has 0 saturated carbocycles. The molecule has 1 fully saturated rings. The first-order valence-corrected chi connectivity index (χ1v) is 10.7. The number of carbonyl (C=O) groups excluding carboxylic acids is 3. The van der Waals surface area contributed by atoms with Gasteiger partial charge in [-0.2, -0.15) is 5.26 Å². The molecule has 8 nitrogen and oxygen atoms in total. The summed E-state index contributed by atoms with van der Waals surface area (Å²) in [5, 5.41) is 11.2. The van der Waals surface area contributed by atoms with Gasteiger partial charge in [0.05, 0.1) is 18.1 Å². The molecule has 0 aromatic heterocycles. The molecule has 0 aliphatic carbocycles. The van der Waals surface area contributed by atoms with Crippen molar-refractivity contribution < 1.29 is 23.9 Å². The number of β-lactam (4-membered cyclic amide) rings is 1. The van der Waals surface area contributed by atoms with Gasteiger partial charge in [0, 0.05) is 7.11 Å². The Labute approximate surface area is 185 Å². The molecular weight excluding hydrogens is 418 g/mol. The third kappa shape index (κ3) is 4.75. The second kappa shape index (κ2) is 8.73. The molecule has 1 saturated heterocycles. The van der Waals surface area contributed by atoms with Crippen LogP contribution in [0.15, 0.2) is 35.5 Å². The van der Waals surface area contributed by atoms with Crippen LogP contribution in [0.1, 0.15) is 38.8 Å². The van der Waals surface area contributed by atoms with E-state index in [4.69, 9.17) is 14.7 Å². The molecule has 1 aromatic rings. The number of fused-ring (bicyclic) bond motifs is 1. The molecular formula is C22H25N3O5S. The molecule has 0 spiro atoms. The van der Waals surface area contributed by atoms with Crippen LogP contribution in [0.4, 0.5) is 0 Å². The summed E-state index contributed by atoms with van der Waals surface area (Å²) in [6.45, 7) is 7.01. The van der Waals surface area contributed by atoms with Crippen LogP contribution in [0.2, 0.25) is 0 Å². The van der Waals surface area contributed by atoms with E-state index in [-0.39, 0.29) is 23.9 Å². The van der Waals surface area contributed by atoms with Crippen molar-refractivity contribution in [3.05, 3.63) is 46.7 Å². The lowest BCUT2D eigenvalue weighted by Gasteiger charge is -2.51. The van der Waals surface area contributed by atoms with Gasteiger partial charge >= 0.3 is 5.97 Å². The molecule has 2 amide bonds. The molecule has 31 heavy (non-hydrogen) atoms. The second-order valence-electron chi connectivity index (χ2n) is 8.37. The summed E-state index contributed by atoms with van der Waals surface area (Å²) in [4.78, 5) is 39.6. The van der Waals surface area contributed by atoms with Crippen molar-refractivity contribution in [1.82, 2.24) is 10.2 Å². The number of nitrogens with zero attached hydrogens (tertiary/aromatic N) is 2. The van der Waals surface area contributed by atoms with Gasteiger partial charge in [0.15, 0.2) is 0 Å². The first-order valence-electron chi connectivity index (χ1n) is 9.79. The Balaban J connectivity index is 1.74. The topological polar surface area (TPSA) is 109 Å². The predicted octanol–water partition coefficient (Wildman–Crippen LogP) is 2.09. The van der Waals surface area contributed by atoms with E-state index in [0.29, 0.717) is 11.1 Å². The lowest BCUT2D eigenvalue weighted by atomic mass is 10.0. The quantitative estimate of drug-likeness (QED) is 0.548. The van der Waals surface area contributed by atoms with E-state index in [2.05, 4.69) is 5.32 Å². The minimum atomic E-state index is -0.765. The molecule has 0 unspecified atom stereocenters. The van der Waals surface area contributed by atoms with Gasteiger partial charge in [-0.05, 0) is 51.0 Å². The minimum Gasteiger partial charge on any atom is -0.455 e. The van der Waals surface area contributed by atoms with Crippen molar-refractivity contribution in [1.29, 1.82) is 5.26 Å². The number of esters is 1. The van der Waals surface area contributed by atoms with E-state index in [1.54, 1.807) is 52.0 Å². The molecule has 2 heterocycles. The third-order valence-corrected chi connectivity index (χ3v) is 6.40. The molecule has 164 valence electrons. The van der Waals surface area contributed by atoms with E-state index in [9.17, 15) is 14.4 Å². The lowest BCUT2D eigenvalue weighted by Crippen LogP contribution is -2.71. The van der Waals surface area contributed by atoms with Gasteiger partial charge in [-0.1, -0.05) is 23.9 Å². The highest BCUT2D eigenvalue weighted by atomic mass is 32.2. The van der Waals surface area contributed by atoms with Crippen LogP contribution in [-0.4, -0.2) is 52.2 Å². The number of hydrogen-bond donors (Lipinski definition) is 1. The van der Waals surface area contributed by atoms with Crippen molar-refractivity contribution in [2.75, 3.05) is 7.11 Å². The van der Waals surface area contributed by atoms with Crippen LogP contribution in [0.5, 0.6) is 0 Å². The average molecular weight is 444 g/mol. The summed E-state index contributed by atoms with van der Waals surface area (Å²) in [6, 6.07) is 7.95. The summed E-state index contributed by atoms with van der Waals surface area (Å²) < 4.78 is 11.0. The fourth-order valence-corrected chi connectivity index (χ4v) is 4.78. The smallest absolute Gasteiger partial charge is 0.355 e. The maximum Gasteiger partial charge on any atom is 0.355 e. The zero-order valence-electron chi connectivity index (χ0n) is 18.1. The predicted molar refractivity (Wildman–Crippen MR) is 114 cm³/mol. The highest BCUT2D eigenvalue weighted by molar-refractivity contribution is 8.00. The van der Waals surface area contributed by atoms with Crippen molar-refractivity contribution in [3.8, 4) is 6.07 Å². The highest BCUT2D eigenvalue weighted by Crippen LogP contribution is 2.44. The molecule has 2 aliphatic rings. The average Bonchev–Trinajstić information content (AvgIpc) is 2.70. The Bertz CT molecular complexity index is 974. The Hall–Kier alpha value is -2.83. The summed E-state index contributed by atoms with van der Waals surface area (Å²) in [6.07, 6.45) is 0.0777. The Kier molecular flexibility index (Phi) is 6.43. The molecule has 9 heteroatoms. The van der Waals surface area contributed by atoms with Crippen LogP contribution in [0.3, 0.4) is 0 Å². The van der Waals surface area contributed by atoms with E-state index >= 15 is 0 Å². The second-order valence-corrected chi connectivity index (χ2v) is 9.55. The monoisotopic (exact) mass is 443 g/mol. The van der Waals surface area contributed by atoms with Crippen molar-refractivity contribution in [3.63, 3.8) is 0 Å². The van der Waals surface area contributed by atoms with Gasteiger partial charge in [-0.3, -0.25) is 14.5 Å². The van der Waals surface area contributed by atoms with Crippen LogP contribution in [0.25, 0.3) is 0 Å². The highest BCUT2D eigenvalue weighted by Gasteiger charge is 2.56. The number of methoxy groups -OCH3 is 1. The van der Waals surface area contributed by atoms with Crippen LogP contribution >= 0.6 is 11.8 Å². The number of nitrogens with one attached hydrogen (secondary N) is 1. The van der Waals surface area contributed by atoms with Gasteiger partial charge in [-0.15, -0.1) is 0 Å². The first-order chi connectivity index (χ1) is 14.6. The van der Waals surface area contributed by atoms with Crippen LogP contribution in [-0.2, 0) is 30.3 Å². The number of thioether (sulfide) groups is 1. The third-order valence-electron chi connectivity index (χ3n) is 4.84. The Morgan fingerprint density at radius 3 is 2.45 bits per heavy atom. The number of hydrogen-bond acceptors (Lipinski definition) is 7. The summed E-state index contributed by atoms with van der Waals surface area (Å²) in [5.74, 6) is -1.27. The fourth-order valence-electron chi connectivity index (χ4n) is 3.43. The van der Waals surface area contributed by atoms with Gasteiger partial charge in [-0.25, -0.2) is 4.79 Å². The van der Waals surface area contributed by atoms with E-state index < -0.39 is 28.4 Å². The standard InChI is InChI=1S/C22H25N3O5S/c1-12-17(20(28)30-22(2,3)4)25-18(27)16(19(25)31-21(12)29-5)24-15(26)10-13-6-8-14(11-23)9-7-13/h6-9,16,19,21H,10H2,1-5H3,(H,24,26)/t16-,19+,21-/m0/s1. The normalized spacial score (nSPS) is 22.9. The van der Waals surface area contributed by atoms with Crippen molar-refractivity contribution >= 4 is 29.5 Å². The molecule has 2 aliphatic heterocycles. The Morgan fingerprint density at radius 2 is 1.90 bits per heavy atom. The number of carbonyl (C=O) groups is 3. The van der Waals surface area contributed by atoms with Gasteiger partial charge in [0.1, 0.15) is 28.1 Å². The van der Waals surface area contributed by atoms with Crippen LogP contribution < -0.4 is 5.32 Å². The van der Waals surface area contributed by atoms with Gasteiger partial charge in [0.2, 0.25) is 5.91 Å². The number of benzene rings is 1. The van der Waals surface area contributed by atoms with Gasteiger partial charge in [0.25, 0.3) is 5.91 Å². The molecule has 3 atom stereocenters. The van der Waals surface area contributed by atoms with Gasteiger partial charge < -0.3 is 14.8 Å². The van der Waals surface area contributed by atoms with E-state index in [1.165, 1.54) is 23.8 Å². The summed E-state index contributed by atoms with van der Waals surface area (Å²) in [7, 11) is 1.53. The van der Waals surface area contributed by atoms with E-state index in [1.807, 2.05) is 6.07 Å². The maximum atomic E-state index is 12.9. The SMILES string of the molecule is CO[C@H]1S[C@@H]2[C@@H](NC(=O)Cc3ccc(C#N)cc3)C(=O)N2C(C(=O)OC(C)(C)C)=C1C. The molecule has 1 N–H and O–H groups in total. The molecule has 0 radical (unpaired) electrons. The molecule has 1 aromatic carbocycles. The van der Waals surface area contributed by atoms with Crippen molar-refractivity contribution in [2.45, 2.75) is 56.6 Å². The van der Waals surface area contributed by atoms with Crippen LogP contribution in [0, 0.1) is 11.3 Å². The maximum absolute atomic E-state index is 12.9. The molecule has 3 rings (SSSR count). The minimum absolute atomic E-state index is 0.0777. The summed E-state index contributed by atoms with van der Waals surface area (Å²) in [5.41, 5.74) is 0.873.